The predicted octanol–water partition coefficient (Wildman–Crippen LogP) is 5.35. The van der Waals surface area contributed by atoms with E-state index in [4.69, 9.17) is 25.6 Å². The van der Waals surface area contributed by atoms with E-state index < -0.39 is 11.6 Å². The van der Waals surface area contributed by atoms with E-state index in [1.54, 1.807) is 0 Å². The molecule has 1 aliphatic carbocycles. The van der Waals surface area contributed by atoms with Crippen molar-refractivity contribution in [1.29, 1.82) is 0 Å². The molecule has 2 aliphatic heterocycles. The molecule has 45 heavy (non-hydrogen) atoms. The molecule has 3 aliphatic rings. The smallest absolute Gasteiger partial charge is 0.319 e. The molecule has 0 unspecified atom stereocenters. The Morgan fingerprint density at radius 1 is 1.11 bits per heavy atom. The number of phenolic OH excluding ortho intramolecular Hbond substituents is 1. The van der Waals surface area contributed by atoms with Gasteiger partial charge in [-0.05, 0) is 62.2 Å². The van der Waals surface area contributed by atoms with E-state index in [1.807, 2.05) is 4.90 Å². The largest absolute Gasteiger partial charge is 0.508 e. The summed E-state index contributed by atoms with van der Waals surface area (Å²) in [5, 5.41) is 15.2. The molecule has 9 nitrogen and oxygen atoms in total. The van der Waals surface area contributed by atoms with Crippen LogP contribution in [0.2, 0.25) is 0 Å². The average molecular weight is 616 g/mol. The number of piperidine rings is 1. The molecule has 4 heterocycles. The number of phenols is 1. The number of hydrogen-bond donors (Lipinski definition) is 2. The number of nitrogens with zero attached hydrogens (tertiary/aromatic N) is 4. The van der Waals surface area contributed by atoms with Gasteiger partial charge in [-0.15, -0.1) is 6.42 Å². The van der Waals surface area contributed by atoms with Crippen molar-refractivity contribution in [3.05, 3.63) is 41.5 Å². The quantitative estimate of drug-likeness (QED) is 0.278. The van der Waals surface area contributed by atoms with E-state index in [0.29, 0.717) is 50.2 Å². The number of benzene rings is 2. The average Bonchev–Trinajstić information content (AvgIpc) is 3.29. The summed E-state index contributed by atoms with van der Waals surface area (Å²) in [6, 6.07) is 5.89. The van der Waals surface area contributed by atoms with Crippen LogP contribution in [-0.4, -0.2) is 72.7 Å². The molecular weight excluding hydrogens is 580 g/mol. The molecule has 0 bridgehead atoms. The zero-order valence-corrected chi connectivity index (χ0v) is 25.2. The number of terminal acetylenes is 1. The summed E-state index contributed by atoms with van der Waals surface area (Å²) in [6.07, 6.45) is 11.8. The molecule has 11 heteroatoms. The summed E-state index contributed by atoms with van der Waals surface area (Å²) in [6.45, 7) is 3.63. The van der Waals surface area contributed by atoms with Gasteiger partial charge in [-0.1, -0.05) is 18.4 Å². The summed E-state index contributed by atoms with van der Waals surface area (Å²) >= 11 is 0. The van der Waals surface area contributed by atoms with Crippen molar-refractivity contribution < 1.29 is 28.1 Å². The lowest BCUT2D eigenvalue weighted by Crippen LogP contribution is -2.49. The van der Waals surface area contributed by atoms with Crippen molar-refractivity contribution >= 4 is 27.5 Å². The molecule has 2 N–H and O–H groups in total. The van der Waals surface area contributed by atoms with Crippen LogP contribution in [0.5, 0.6) is 17.6 Å². The van der Waals surface area contributed by atoms with Gasteiger partial charge < -0.3 is 29.5 Å². The second-order valence-electron chi connectivity index (χ2n) is 12.1. The Labute approximate surface area is 259 Å². The first-order valence-electron chi connectivity index (χ1n) is 15.5. The number of fused-ring (bicyclic) bond motifs is 3. The summed E-state index contributed by atoms with van der Waals surface area (Å²) < 4.78 is 49.6. The highest BCUT2D eigenvalue weighted by atomic mass is 19.1. The fourth-order valence-corrected chi connectivity index (χ4v) is 7.36. The van der Waals surface area contributed by atoms with Gasteiger partial charge in [-0.3, -0.25) is 0 Å². The number of ether oxygens (including phenoxy) is 3. The maximum absolute atomic E-state index is 16.9. The molecule has 2 aromatic carbocycles. The lowest BCUT2D eigenvalue weighted by atomic mass is 9.76. The predicted molar refractivity (Wildman–Crippen MR) is 167 cm³/mol. The van der Waals surface area contributed by atoms with Crippen LogP contribution in [0.3, 0.4) is 0 Å². The zero-order chi connectivity index (χ0) is 31.1. The second kappa shape index (κ2) is 11.9. The summed E-state index contributed by atoms with van der Waals surface area (Å²) in [5.41, 5.74) is -0.223. The summed E-state index contributed by atoms with van der Waals surface area (Å²) in [4.78, 5) is 16.0. The van der Waals surface area contributed by atoms with Crippen LogP contribution >= 0.6 is 0 Å². The molecule has 2 aromatic heterocycles. The number of nitrogens with one attached hydrogen (secondary N) is 1. The second-order valence-corrected chi connectivity index (χ2v) is 12.1. The number of aromatic hydroxyl groups is 1. The molecule has 2 saturated heterocycles. The van der Waals surface area contributed by atoms with E-state index >= 15 is 4.39 Å². The van der Waals surface area contributed by atoms with Gasteiger partial charge in [0.25, 0.3) is 0 Å². The molecule has 7 rings (SSSR count). The topological polar surface area (TPSA) is 102 Å². The zero-order valence-electron chi connectivity index (χ0n) is 25.2. The van der Waals surface area contributed by atoms with Crippen molar-refractivity contribution in [1.82, 2.24) is 20.3 Å². The van der Waals surface area contributed by atoms with Gasteiger partial charge in [0.15, 0.2) is 5.82 Å². The number of halogens is 2. The third-order valence-electron chi connectivity index (χ3n) is 9.52. The minimum atomic E-state index is -0.791. The fourth-order valence-electron chi connectivity index (χ4n) is 7.36. The van der Waals surface area contributed by atoms with Crippen molar-refractivity contribution in [2.45, 2.75) is 44.6 Å². The maximum Gasteiger partial charge on any atom is 0.319 e. The molecule has 0 spiro atoms. The molecule has 0 amide bonds. The normalized spacial score (nSPS) is 21.8. The van der Waals surface area contributed by atoms with Crippen molar-refractivity contribution in [3.63, 3.8) is 0 Å². The monoisotopic (exact) mass is 615 g/mol. The summed E-state index contributed by atoms with van der Waals surface area (Å²) in [5.74, 6) is 1.30. The Morgan fingerprint density at radius 3 is 2.82 bits per heavy atom. The van der Waals surface area contributed by atoms with Crippen LogP contribution in [0.25, 0.3) is 32.9 Å². The Morgan fingerprint density at radius 2 is 1.98 bits per heavy atom. The highest BCUT2D eigenvalue weighted by molar-refractivity contribution is 6.04. The van der Waals surface area contributed by atoms with Crippen LogP contribution < -0.4 is 19.7 Å². The maximum atomic E-state index is 16.9. The molecule has 1 saturated carbocycles. The molecular formula is C34H35F2N5O4. The Bertz CT molecular complexity index is 1820. The first-order valence-corrected chi connectivity index (χ1v) is 15.5. The fraction of sp³-hybridized carbons (Fsp3) is 0.441. The molecule has 4 aromatic rings. The standard InChI is InChI=1S/C34H35F2N5O4/c1-3-22-24(35)9-8-20-17-21(42)18-23(26(20)22)29-28(36)30-27(32(38-29)43-2)31(41-13-6-15-44-16-14-41)40-33(39-30)45-19-34-10-4-7-25(34)37-12-5-11-34/h1,8-9,17-18,25,37,42H,4-7,10-16,19H2,2H3/t25-,34-/m1/s1. The van der Waals surface area contributed by atoms with E-state index in [0.717, 1.165) is 45.1 Å². The van der Waals surface area contributed by atoms with Crippen molar-refractivity contribution in [2.75, 3.05) is 51.5 Å². The lowest BCUT2D eigenvalue weighted by molar-refractivity contribution is 0.0798. The van der Waals surface area contributed by atoms with Gasteiger partial charge in [-0.2, -0.15) is 9.97 Å². The van der Waals surface area contributed by atoms with Gasteiger partial charge in [0.1, 0.15) is 34.0 Å². The SMILES string of the molecule is C#Cc1c(F)ccc2cc(O)cc(-c3nc(OC)c4c(N5CCCOCC5)nc(OC[C@@]56CCCN[C@@H]5CCC6)nc4c3F)c12. The molecule has 2 atom stereocenters. The van der Waals surface area contributed by atoms with Crippen LogP contribution in [0, 0.1) is 29.4 Å². The Hall–Kier alpha value is -4.27. The van der Waals surface area contributed by atoms with Crippen LogP contribution in [0.1, 0.15) is 44.1 Å². The van der Waals surface area contributed by atoms with Gasteiger partial charge in [0.2, 0.25) is 5.88 Å². The number of rotatable bonds is 6. The van der Waals surface area contributed by atoms with Crippen molar-refractivity contribution in [2.24, 2.45) is 5.41 Å². The third-order valence-corrected chi connectivity index (χ3v) is 9.52. The van der Waals surface area contributed by atoms with Crippen LogP contribution in [-0.2, 0) is 4.74 Å². The third kappa shape index (κ3) is 5.16. The number of hydrogen-bond acceptors (Lipinski definition) is 9. The highest BCUT2D eigenvalue weighted by Gasteiger charge is 2.45. The van der Waals surface area contributed by atoms with Crippen LogP contribution in [0.15, 0.2) is 24.3 Å². The van der Waals surface area contributed by atoms with Crippen LogP contribution in [0.4, 0.5) is 14.6 Å². The van der Waals surface area contributed by atoms with Crippen molar-refractivity contribution in [3.8, 4) is 41.2 Å². The van der Waals surface area contributed by atoms with Gasteiger partial charge >= 0.3 is 6.01 Å². The minimum Gasteiger partial charge on any atom is -0.508 e. The number of pyridine rings is 1. The number of aromatic nitrogens is 3. The first kappa shape index (κ1) is 29.4. The van der Waals surface area contributed by atoms with Gasteiger partial charge in [-0.25, -0.2) is 13.8 Å². The minimum absolute atomic E-state index is 0.0248. The van der Waals surface area contributed by atoms with E-state index in [1.165, 1.54) is 31.4 Å². The van der Waals surface area contributed by atoms with E-state index in [-0.39, 0.29) is 56.2 Å². The first-order chi connectivity index (χ1) is 21.9. The van der Waals surface area contributed by atoms with Gasteiger partial charge in [0, 0.05) is 42.1 Å². The lowest BCUT2D eigenvalue weighted by Gasteiger charge is -2.39. The van der Waals surface area contributed by atoms with E-state index in [9.17, 15) is 9.50 Å². The molecule has 3 fully saturated rings. The molecule has 0 radical (unpaired) electrons. The Balaban J connectivity index is 1.43. The number of anilines is 1. The summed E-state index contributed by atoms with van der Waals surface area (Å²) in [7, 11) is 1.44. The molecule has 234 valence electrons. The van der Waals surface area contributed by atoms with Gasteiger partial charge in [0.05, 0.1) is 25.9 Å². The van der Waals surface area contributed by atoms with E-state index in [2.05, 4.69) is 21.2 Å². The Kier molecular flexibility index (Phi) is 7.79. The number of methoxy groups -OCH3 is 1. The highest BCUT2D eigenvalue weighted by Crippen LogP contribution is 2.45.